The third-order valence-electron chi connectivity index (χ3n) is 1.51. The standard InChI is InChI=1S/C8H8F3N.C2H6/c1-6-7(3-2-4-12-6)5-8(9,10)11;1-2/h2-4H,5H2,1H3;1-2H3. The molecular weight excluding hydrogens is 191 g/mol. The highest BCUT2D eigenvalue weighted by atomic mass is 19.4. The molecule has 0 unspecified atom stereocenters. The van der Waals surface area contributed by atoms with E-state index in [-0.39, 0.29) is 5.56 Å². The van der Waals surface area contributed by atoms with Crippen molar-refractivity contribution >= 4 is 0 Å². The van der Waals surface area contributed by atoms with Gasteiger partial charge in [0.1, 0.15) is 0 Å². The molecule has 0 fully saturated rings. The van der Waals surface area contributed by atoms with Gasteiger partial charge in [0.2, 0.25) is 0 Å². The van der Waals surface area contributed by atoms with Crippen LogP contribution in [-0.2, 0) is 6.42 Å². The van der Waals surface area contributed by atoms with Crippen LogP contribution >= 0.6 is 0 Å². The SMILES string of the molecule is CC.Cc1ncccc1CC(F)(F)F. The molecule has 0 spiro atoms. The molecule has 0 saturated carbocycles. The summed E-state index contributed by atoms with van der Waals surface area (Å²) in [7, 11) is 0. The summed E-state index contributed by atoms with van der Waals surface area (Å²) >= 11 is 0. The first-order valence-electron chi connectivity index (χ1n) is 4.46. The van der Waals surface area contributed by atoms with E-state index in [9.17, 15) is 13.2 Å². The Balaban J connectivity index is 0.000000791. The Kier molecular flexibility index (Phi) is 5.20. The Morgan fingerprint density at radius 3 is 2.29 bits per heavy atom. The van der Waals surface area contributed by atoms with Gasteiger partial charge in [-0.2, -0.15) is 13.2 Å². The number of alkyl halides is 3. The minimum Gasteiger partial charge on any atom is -0.261 e. The van der Waals surface area contributed by atoms with Crippen LogP contribution in [0.4, 0.5) is 13.2 Å². The van der Waals surface area contributed by atoms with Crippen LogP contribution in [0.15, 0.2) is 18.3 Å². The van der Waals surface area contributed by atoms with Crippen LogP contribution in [0.3, 0.4) is 0 Å². The zero-order valence-corrected chi connectivity index (χ0v) is 8.52. The first kappa shape index (κ1) is 12.9. The zero-order valence-electron chi connectivity index (χ0n) is 8.52. The Morgan fingerprint density at radius 1 is 1.29 bits per heavy atom. The van der Waals surface area contributed by atoms with Crippen LogP contribution in [0.25, 0.3) is 0 Å². The number of nitrogens with zero attached hydrogens (tertiary/aromatic N) is 1. The van der Waals surface area contributed by atoms with E-state index in [1.807, 2.05) is 13.8 Å². The average molecular weight is 205 g/mol. The molecule has 0 aliphatic carbocycles. The molecule has 80 valence electrons. The number of hydrogen-bond acceptors (Lipinski definition) is 1. The third kappa shape index (κ3) is 4.84. The molecule has 0 radical (unpaired) electrons. The van der Waals surface area contributed by atoms with Gasteiger partial charge in [-0.25, -0.2) is 0 Å². The summed E-state index contributed by atoms with van der Waals surface area (Å²) < 4.78 is 35.7. The normalized spacial score (nSPS) is 10.4. The minimum absolute atomic E-state index is 0.241. The lowest BCUT2D eigenvalue weighted by Gasteiger charge is -2.07. The summed E-state index contributed by atoms with van der Waals surface area (Å²) in [6.07, 6.45) is -3.56. The van der Waals surface area contributed by atoms with Crippen LogP contribution in [-0.4, -0.2) is 11.2 Å². The number of halogens is 3. The van der Waals surface area contributed by atoms with Gasteiger partial charge in [0.05, 0.1) is 6.42 Å². The molecule has 1 rings (SSSR count). The second kappa shape index (κ2) is 5.62. The summed E-state index contributed by atoms with van der Waals surface area (Å²) in [6, 6.07) is 2.95. The molecular formula is C10H14F3N. The average Bonchev–Trinajstić information content (AvgIpc) is 2.10. The Bertz CT molecular complexity index is 268. The van der Waals surface area contributed by atoms with Crippen molar-refractivity contribution < 1.29 is 13.2 Å². The zero-order chi connectivity index (χ0) is 11.2. The molecule has 1 aromatic rings. The first-order chi connectivity index (χ1) is 6.49. The number of rotatable bonds is 1. The molecule has 0 saturated heterocycles. The van der Waals surface area contributed by atoms with Crippen LogP contribution in [0.1, 0.15) is 25.1 Å². The molecule has 1 heterocycles. The second-order valence-corrected chi connectivity index (χ2v) is 2.54. The predicted molar refractivity (Wildman–Crippen MR) is 50.1 cm³/mol. The maximum Gasteiger partial charge on any atom is 0.393 e. The number of aryl methyl sites for hydroxylation is 1. The van der Waals surface area contributed by atoms with Crippen molar-refractivity contribution in [3.05, 3.63) is 29.6 Å². The van der Waals surface area contributed by atoms with E-state index in [2.05, 4.69) is 4.98 Å². The van der Waals surface area contributed by atoms with Crippen molar-refractivity contribution in [2.24, 2.45) is 0 Å². The van der Waals surface area contributed by atoms with Crippen molar-refractivity contribution in [1.29, 1.82) is 0 Å². The first-order valence-corrected chi connectivity index (χ1v) is 4.46. The van der Waals surface area contributed by atoms with E-state index in [1.54, 1.807) is 6.92 Å². The van der Waals surface area contributed by atoms with Crippen molar-refractivity contribution in [2.45, 2.75) is 33.4 Å². The molecule has 0 atom stereocenters. The van der Waals surface area contributed by atoms with Crippen LogP contribution in [0, 0.1) is 6.92 Å². The van der Waals surface area contributed by atoms with E-state index < -0.39 is 12.6 Å². The molecule has 0 N–H and O–H groups in total. The molecule has 1 nitrogen and oxygen atoms in total. The van der Waals surface area contributed by atoms with E-state index in [1.165, 1.54) is 18.3 Å². The molecule has 0 aliphatic rings. The maximum absolute atomic E-state index is 11.9. The Morgan fingerprint density at radius 2 is 1.86 bits per heavy atom. The summed E-state index contributed by atoms with van der Waals surface area (Å²) in [5, 5.41) is 0. The van der Waals surface area contributed by atoms with Gasteiger partial charge < -0.3 is 0 Å². The molecule has 1 aromatic heterocycles. The van der Waals surface area contributed by atoms with Gasteiger partial charge in [-0.05, 0) is 18.6 Å². The molecule has 0 aliphatic heterocycles. The van der Waals surface area contributed by atoms with E-state index >= 15 is 0 Å². The van der Waals surface area contributed by atoms with Crippen molar-refractivity contribution in [3.63, 3.8) is 0 Å². The van der Waals surface area contributed by atoms with Crippen LogP contribution < -0.4 is 0 Å². The lowest BCUT2D eigenvalue weighted by molar-refractivity contribution is -0.127. The molecule has 14 heavy (non-hydrogen) atoms. The summed E-state index contributed by atoms with van der Waals surface area (Å²) in [6.45, 7) is 5.57. The fourth-order valence-corrected chi connectivity index (χ4v) is 0.920. The lowest BCUT2D eigenvalue weighted by Crippen LogP contribution is -2.12. The minimum atomic E-state index is -4.15. The largest absolute Gasteiger partial charge is 0.393 e. The molecule has 0 aromatic carbocycles. The summed E-state index contributed by atoms with van der Waals surface area (Å²) in [4.78, 5) is 3.76. The predicted octanol–water partition coefficient (Wildman–Crippen LogP) is 3.52. The van der Waals surface area contributed by atoms with Gasteiger partial charge in [-0.15, -0.1) is 0 Å². The Labute approximate surface area is 82.0 Å². The third-order valence-corrected chi connectivity index (χ3v) is 1.51. The van der Waals surface area contributed by atoms with Gasteiger partial charge in [-0.3, -0.25) is 4.98 Å². The monoisotopic (exact) mass is 205 g/mol. The number of aromatic nitrogens is 1. The van der Waals surface area contributed by atoms with E-state index in [0.717, 1.165) is 0 Å². The van der Waals surface area contributed by atoms with Crippen molar-refractivity contribution in [1.82, 2.24) is 4.98 Å². The highest BCUT2D eigenvalue weighted by Crippen LogP contribution is 2.21. The maximum atomic E-state index is 11.9. The van der Waals surface area contributed by atoms with Gasteiger partial charge in [0.25, 0.3) is 0 Å². The van der Waals surface area contributed by atoms with Gasteiger partial charge in [0, 0.05) is 11.9 Å². The highest BCUT2D eigenvalue weighted by molar-refractivity contribution is 5.19. The summed E-state index contributed by atoms with van der Waals surface area (Å²) in [5.74, 6) is 0. The van der Waals surface area contributed by atoms with E-state index in [4.69, 9.17) is 0 Å². The number of pyridine rings is 1. The molecule has 4 heteroatoms. The fraction of sp³-hybridized carbons (Fsp3) is 0.500. The number of hydrogen-bond donors (Lipinski definition) is 0. The van der Waals surface area contributed by atoms with Gasteiger partial charge >= 0.3 is 6.18 Å². The topological polar surface area (TPSA) is 12.9 Å². The Hall–Kier alpha value is -1.06. The van der Waals surface area contributed by atoms with E-state index in [0.29, 0.717) is 5.69 Å². The van der Waals surface area contributed by atoms with Gasteiger partial charge in [0.15, 0.2) is 0 Å². The highest BCUT2D eigenvalue weighted by Gasteiger charge is 2.28. The van der Waals surface area contributed by atoms with Crippen molar-refractivity contribution in [2.75, 3.05) is 0 Å². The summed E-state index contributed by atoms with van der Waals surface area (Å²) in [5.41, 5.74) is 0.680. The smallest absolute Gasteiger partial charge is 0.261 e. The van der Waals surface area contributed by atoms with Crippen LogP contribution in [0.5, 0.6) is 0 Å². The van der Waals surface area contributed by atoms with Crippen molar-refractivity contribution in [3.8, 4) is 0 Å². The van der Waals surface area contributed by atoms with Gasteiger partial charge in [-0.1, -0.05) is 19.9 Å². The molecule has 0 amide bonds. The quantitative estimate of drug-likeness (QED) is 0.683. The van der Waals surface area contributed by atoms with Crippen LogP contribution in [0.2, 0.25) is 0 Å². The lowest BCUT2D eigenvalue weighted by atomic mass is 10.1. The molecule has 0 bridgehead atoms. The second-order valence-electron chi connectivity index (χ2n) is 2.54. The fourth-order valence-electron chi connectivity index (χ4n) is 0.920.